The fourth-order valence-corrected chi connectivity index (χ4v) is 1.68. The van der Waals surface area contributed by atoms with E-state index in [1.165, 1.54) is 12.1 Å². The van der Waals surface area contributed by atoms with E-state index in [0.717, 1.165) is 12.8 Å². The first-order valence-electron chi connectivity index (χ1n) is 7.24. The van der Waals surface area contributed by atoms with Gasteiger partial charge in [0.2, 0.25) is 6.41 Å². The van der Waals surface area contributed by atoms with Gasteiger partial charge in [-0.05, 0) is 52.3 Å². The third kappa shape index (κ3) is 7.92. The predicted octanol–water partition coefficient (Wildman–Crippen LogP) is 2.43. The van der Waals surface area contributed by atoms with Gasteiger partial charge < -0.3 is 14.6 Å². The minimum absolute atomic E-state index is 0.0457. The highest BCUT2D eigenvalue weighted by Crippen LogP contribution is 2.17. The molecule has 7 heteroatoms. The number of hydrogen-bond donors (Lipinski definition) is 2. The molecule has 0 amide bonds. The Morgan fingerprint density at radius 3 is 2.45 bits per heavy atom. The molecule has 0 heterocycles. The van der Waals surface area contributed by atoms with Crippen molar-refractivity contribution in [1.29, 1.82) is 0 Å². The number of nitrogens with one attached hydrogen (secondary N) is 1. The lowest BCUT2D eigenvalue weighted by atomic mass is 10.2. The Morgan fingerprint density at radius 2 is 1.91 bits per heavy atom. The number of aliphatic hydroxyl groups excluding tert-OH is 1. The molecule has 0 aliphatic rings. The van der Waals surface area contributed by atoms with Gasteiger partial charge in [0, 0.05) is 12.1 Å². The third-order valence-electron chi connectivity index (χ3n) is 2.67. The Labute approximate surface area is 130 Å². The van der Waals surface area contributed by atoms with Crippen LogP contribution in [0.3, 0.4) is 0 Å². The van der Waals surface area contributed by atoms with Crippen LogP contribution in [0.25, 0.3) is 0 Å². The van der Waals surface area contributed by atoms with Crippen molar-refractivity contribution < 1.29 is 19.5 Å². The molecule has 124 valence electrons. The van der Waals surface area contributed by atoms with Crippen LogP contribution in [-0.4, -0.2) is 35.2 Å². The van der Waals surface area contributed by atoms with Gasteiger partial charge in [0.15, 0.2) is 0 Å². The Morgan fingerprint density at radius 1 is 1.27 bits per heavy atom. The molecule has 0 radical (unpaired) electrons. The summed E-state index contributed by atoms with van der Waals surface area (Å²) in [7, 11) is 0. The van der Waals surface area contributed by atoms with Crippen molar-refractivity contribution in [3.8, 4) is 5.75 Å². The zero-order chi connectivity index (χ0) is 16.6. The van der Waals surface area contributed by atoms with Crippen LogP contribution in [0.2, 0.25) is 0 Å². The summed E-state index contributed by atoms with van der Waals surface area (Å²) in [6.45, 7) is 6.73. The number of benzene rings is 1. The number of hydrogen-bond acceptors (Lipinski definition) is 6. The summed E-state index contributed by atoms with van der Waals surface area (Å²) in [4.78, 5) is 10.1. The summed E-state index contributed by atoms with van der Waals surface area (Å²) in [5.74, 6) is 0.606. The number of non-ortho nitro benzene ring substituents is 1. The van der Waals surface area contributed by atoms with E-state index >= 15 is 0 Å². The molecule has 0 saturated carbocycles. The first-order valence-corrected chi connectivity index (χ1v) is 7.24. The van der Waals surface area contributed by atoms with Gasteiger partial charge in [-0.15, -0.1) is 0 Å². The van der Waals surface area contributed by atoms with Gasteiger partial charge >= 0.3 is 0 Å². The monoisotopic (exact) mass is 312 g/mol. The molecule has 7 nitrogen and oxygen atoms in total. The molecule has 0 aliphatic carbocycles. The van der Waals surface area contributed by atoms with E-state index in [2.05, 4.69) is 5.32 Å². The minimum Gasteiger partial charge on any atom is -0.494 e. The third-order valence-corrected chi connectivity index (χ3v) is 2.67. The van der Waals surface area contributed by atoms with Crippen molar-refractivity contribution in [1.82, 2.24) is 5.32 Å². The summed E-state index contributed by atoms with van der Waals surface area (Å²) in [6.07, 6.45) is 0.639. The number of nitrogens with zero attached hydrogens (tertiary/aromatic N) is 1. The number of rotatable bonds is 9. The van der Waals surface area contributed by atoms with E-state index in [4.69, 9.17) is 9.47 Å². The van der Waals surface area contributed by atoms with Gasteiger partial charge in [-0.1, -0.05) is 0 Å². The molecule has 1 atom stereocenters. The highest BCUT2D eigenvalue weighted by atomic mass is 16.6. The van der Waals surface area contributed by atoms with E-state index < -0.39 is 16.9 Å². The molecule has 1 rings (SSSR count). The van der Waals surface area contributed by atoms with E-state index in [0.29, 0.717) is 18.9 Å². The van der Waals surface area contributed by atoms with Crippen LogP contribution in [0.1, 0.15) is 33.6 Å². The Kier molecular flexibility index (Phi) is 7.23. The maximum absolute atomic E-state index is 10.5. The predicted molar refractivity (Wildman–Crippen MR) is 82.7 cm³/mol. The zero-order valence-corrected chi connectivity index (χ0v) is 13.2. The summed E-state index contributed by atoms with van der Waals surface area (Å²) in [6, 6.07) is 5.99. The van der Waals surface area contributed by atoms with E-state index in [9.17, 15) is 15.2 Å². The maximum atomic E-state index is 10.5. The van der Waals surface area contributed by atoms with Crippen molar-refractivity contribution in [3.63, 3.8) is 0 Å². The first-order chi connectivity index (χ1) is 10.3. The minimum atomic E-state index is -0.976. The van der Waals surface area contributed by atoms with Gasteiger partial charge in [-0.2, -0.15) is 0 Å². The molecule has 0 aromatic heterocycles. The van der Waals surface area contributed by atoms with Gasteiger partial charge in [-0.25, -0.2) is 0 Å². The molecule has 22 heavy (non-hydrogen) atoms. The quantitative estimate of drug-likeness (QED) is 0.315. The van der Waals surface area contributed by atoms with Crippen LogP contribution in [0.15, 0.2) is 24.3 Å². The van der Waals surface area contributed by atoms with Crippen molar-refractivity contribution in [2.75, 3.05) is 13.2 Å². The van der Waals surface area contributed by atoms with Crippen LogP contribution in [-0.2, 0) is 4.74 Å². The molecular weight excluding hydrogens is 288 g/mol. The highest BCUT2D eigenvalue weighted by molar-refractivity contribution is 5.35. The normalized spacial score (nSPS) is 12.9. The van der Waals surface area contributed by atoms with Crippen LogP contribution in [0.4, 0.5) is 5.69 Å². The van der Waals surface area contributed by atoms with Crippen molar-refractivity contribution >= 4 is 5.69 Å². The second-order valence-electron chi connectivity index (χ2n) is 5.84. The number of ether oxygens (including phenoxy) is 2. The average molecular weight is 312 g/mol. The molecule has 0 saturated heterocycles. The molecule has 0 bridgehead atoms. The molecule has 0 spiro atoms. The summed E-state index contributed by atoms with van der Waals surface area (Å²) in [5.41, 5.74) is -0.352. The zero-order valence-electron chi connectivity index (χ0n) is 13.2. The van der Waals surface area contributed by atoms with Gasteiger partial charge in [0.1, 0.15) is 5.75 Å². The second-order valence-corrected chi connectivity index (χ2v) is 5.84. The van der Waals surface area contributed by atoms with Crippen LogP contribution in [0, 0.1) is 10.1 Å². The lowest BCUT2D eigenvalue weighted by Gasteiger charge is -2.24. The lowest BCUT2D eigenvalue weighted by Crippen LogP contribution is -2.38. The van der Waals surface area contributed by atoms with E-state index in [1.54, 1.807) is 12.1 Å². The first kappa shape index (κ1) is 18.3. The molecule has 1 aromatic rings. The SMILES string of the molecule is CC(C)(C)OC(O)NCCCCOc1ccc([N+](=O)[O-])cc1. The molecule has 2 N–H and O–H groups in total. The van der Waals surface area contributed by atoms with Crippen molar-refractivity contribution in [2.45, 2.75) is 45.6 Å². The fraction of sp³-hybridized carbons (Fsp3) is 0.600. The van der Waals surface area contributed by atoms with Gasteiger partial charge in [-0.3, -0.25) is 15.4 Å². The summed E-state index contributed by atoms with van der Waals surface area (Å²) < 4.78 is 10.8. The topological polar surface area (TPSA) is 93.9 Å². The molecule has 1 aromatic carbocycles. The Balaban J connectivity index is 2.12. The second kappa shape index (κ2) is 8.67. The fourth-order valence-electron chi connectivity index (χ4n) is 1.68. The lowest BCUT2D eigenvalue weighted by molar-refractivity contribution is -0.384. The van der Waals surface area contributed by atoms with Gasteiger partial charge in [0.05, 0.1) is 17.1 Å². The smallest absolute Gasteiger partial charge is 0.269 e. The maximum Gasteiger partial charge on any atom is 0.269 e. The van der Waals surface area contributed by atoms with Crippen LogP contribution in [0.5, 0.6) is 5.75 Å². The average Bonchev–Trinajstić information content (AvgIpc) is 2.41. The molecular formula is C15H24N2O5. The van der Waals surface area contributed by atoms with E-state index in [1.807, 2.05) is 20.8 Å². The molecule has 0 aliphatic heterocycles. The van der Waals surface area contributed by atoms with Crippen LogP contribution < -0.4 is 10.1 Å². The number of aliphatic hydroxyl groups is 1. The van der Waals surface area contributed by atoms with Crippen LogP contribution >= 0.6 is 0 Å². The Bertz CT molecular complexity index is 456. The summed E-state index contributed by atoms with van der Waals surface area (Å²) in [5, 5.41) is 22.9. The van der Waals surface area contributed by atoms with Crippen molar-refractivity contribution in [2.24, 2.45) is 0 Å². The molecule has 0 fully saturated rings. The highest BCUT2D eigenvalue weighted by Gasteiger charge is 2.15. The Hall–Kier alpha value is -1.70. The largest absolute Gasteiger partial charge is 0.494 e. The number of unbranched alkanes of at least 4 members (excludes halogenated alkanes) is 1. The summed E-state index contributed by atoms with van der Waals surface area (Å²) >= 11 is 0. The van der Waals surface area contributed by atoms with Gasteiger partial charge in [0.25, 0.3) is 5.69 Å². The molecule has 1 unspecified atom stereocenters. The number of nitro benzene ring substituents is 1. The number of nitro groups is 1. The van der Waals surface area contributed by atoms with Crippen molar-refractivity contribution in [3.05, 3.63) is 34.4 Å². The van der Waals surface area contributed by atoms with E-state index in [-0.39, 0.29) is 5.69 Å². The standard InChI is InChI=1S/C15H24N2O5/c1-15(2,3)22-14(18)16-10-4-5-11-21-13-8-6-12(7-9-13)17(19)20/h6-9,14,16,18H,4-5,10-11H2,1-3H3.